The van der Waals surface area contributed by atoms with Crippen LogP contribution >= 0.6 is 0 Å². The molecule has 2 bridgehead atoms. The van der Waals surface area contributed by atoms with E-state index in [9.17, 15) is 35.1 Å². The molecule has 13 atom stereocenters. The zero-order valence-corrected chi connectivity index (χ0v) is 21.7. The Morgan fingerprint density at radius 2 is 1.92 bits per heavy atom. The van der Waals surface area contributed by atoms with Crippen molar-refractivity contribution >= 4 is 11.9 Å². The minimum Gasteiger partial charge on any atom is -0.472 e. The van der Waals surface area contributed by atoms with E-state index in [1.54, 1.807) is 19.9 Å². The van der Waals surface area contributed by atoms with E-state index in [1.165, 1.54) is 12.5 Å². The second kappa shape index (κ2) is 6.64. The monoisotopic (exact) mass is 534 g/mol. The van der Waals surface area contributed by atoms with Crippen LogP contribution in [0.3, 0.4) is 0 Å². The Labute approximate surface area is 218 Å². The quantitative estimate of drug-likeness (QED) is 0.334. The topological polar surface area (TPSA) is 176 Å². The molecule has 0 radical (unpaired) electrons. The molecule has 1 aromatic rings. The maximum absolute atomic E-state index is 13.2. The Morgan fingerprint density at radius 3 is 2.55 bits per heavy atom. The molecule has 4 aliphatic carbocycles. The molecular weight excluding hydrogens is 500 g/mol. The molecule has 0 amide bonds. The number of cyclic esters (lactones) is 1. The summed E-state index contributed by atoms with van der Waals surface area (Å²) in [5.74, 6) is -7.41. The van der Waals surface area contributed by atoms with Crippen molar-refractivity contribution in [2.45, 2.75) is 87.4 Å². The summed E-state index contributed by atoms with van der Waals surface area (Å²) in [7, 11) is 1.14. The van der Waals surface area contributed by atoms with Crippen LogP contribution in [0.25, 0.3) is 0 Å². The van der Waals surface area contributed by atoms with Crippen molar-refractivity contribution in [2.75, 3.05) is 7.11 Å². The van der Waals surface area contributed by atoms with Crippen molar-refractivity contribution in [1.29, 1.82) is 0 Å². The van der Waals surface area contributed by atoms with Gasteiger partial charge in [0.25, 0.3) is 0 Å². The largest absolute Gasteiger partial charge is 0.472 e. The van der Waals surface area contributed by atoms with Crippen LogP contribution in [0.2, 0.25) is 0 Å². The zero-order chi connectivity index (χ0) is 27.5. The average molecular weight is 535 g/mol. The minimum atomic E-state index is -2.48. The van der Waals surface area contributed by atoms with Gasteiger partial charge in [0, 0.05) is 27.7 Å². The lowest BCUT2D eigenvalue weighted by atomic mass is 9.45. The fraction of sp³-hybridized carbons (Fsp3) is 0.778. The number of rotatable bonds is 3. The lowest BCUT2D eigenvalue weighted by Gasteiger charge is -2.63. The van der Waals surface area contributed by atoms with Gasteiger partial charge in [0.1, 0.15) is 23.4 Å². The summed E-state index contributed by atoms with van der Waals surface area (Å²) in [6, 6.07) is 1.66. The first-order valence-electron chi connectivity index (χ1n) is 13.2. The van der Waals surface area contributed by atoms with Gasteiger partial charge in [-0.05, 0) is 31.2 Å². The van der Waals surface area contributed by atoms with Gasteiger partial charge in [-0.1, -0.05) is 20.8 Å². The zero-order valence-electron chi connectivity index (χ0n) is 21.7. The molecule has 1 aromatic heterocycles. The van der Waals surface area contributed by atoms with E-state index in [2.05, 4.69) is 0 Å². The molecule has 3 heterocycles. The van der Waals surface area contributed by atoms with Gasteiger partial charge in [-0.3, -0.25) is 4.79 Å². The number of hydrogen-bond acceptors (Lipinski definition) is 11. The van der Waals surface area contributed by atoms with Gasteiger partial charge < -0.3 is 44.2 Å². The van der Waals surface area contributed by atoms with Crippen molar-refractivity contribution in [3.63, 3.8) is 0 Å². The summed E-state index contributed by atoms with van der Waals surface area (Å²) >= 11 is 0. The Balaban J connectivity index is 1.52. The van der Waals surface area contributed by atoms with Crippen LogP contribution in [0, 0.1) is 34.0 Å². The Hall–Kier alpha value is -2.02. The van der Waals surface area contributed by atoms with E-state index in [4.69, 9.17) is 18.6 Å². The highest BCUT2D eigenvalue weighted by Crippen LogP contribution is 2.87. The van der Waals surface area contributed by atoms with E-state index < -0.39 is 93.3 Å². The van der Waals surface area contributed by atoms with Crippen molar-refractivity contribution in [2.24, 2.45) is 34.0 Å². The standard InChI is InChI=1S/C27H34O11/c1-21-11-24(32)19-26(33)13(23(24,3)16(21)15(29)18(30)35-4)5-7-22(2)17(12-6-8-36-10-12)37-14(28)9-25(22,26)38-27(19,34)20(21)31/h6,8,10,13,15-17,19-20,29,31-34H,5,7,9,11H2,1-4H3/t13?,15?,16-,17-,19?,20-,21+,22-,23-,24?,25?,26+,27+/m0/s1. The maximum atomic E-state index is 13.2. The number of aliphatic hydroxyl groups is 5. The van der Waals surface area contributed by atoms with Crippen LogP contribution < -0.4 is 0 Å². The smallest absolute Gasteiger partial charge is 0.335 e. The van der Waals surface area contributed by atoms with E-state index >= 15 is 0 Å². The highest BCUT2D eigenvalue weighted by atomic mass is 16.7. The van der Waals surface area contributed by atoms with Gasteiger partial charge in [0.05, 0.1) is 37.6 Å². The van der Waals surface area contributed by atoms with Crippen LogP contribution in [0.4, 0.5) is 0 Å². The molecule has 11 nitrogen and oxygen atoms in total. The summed E-state index contributed by atoms with van der Waals surface area (Å²) in [4.78, 5) is 25.9. The van der Waals surface area contributed by atoms with Gasteiger partial charge in [-0.25, -0.2) is 4.79 Å². The molecule has 0 aromatic carbocycles. The average Bonchev–Trinajstić information content (AvgIpc) is 3.51. The predicted molar refractivity (Wildman–Crippen MR) is 123 cm³/mol. The second-order valence-electron chi connectivity index (χ2n) is 13.3. The summed E-state index contributed by atoms with van der Waals surface area (Å²) in [5.41, 5.74) is -8.91. The van der Waals surface area contributed by atoms with Crippen LogP contribution in [0.1, 0.15) is 58.1 Å². The van der Waals surface area contributed by atoms with E-state index in [-0.39, 0.29) is 6.42 Å². The summed E-state index contributed by atoms with van der Waals surface area (Å²) in [6.07, 6.45) is -1.31. The fourth-order valence-corrected chi connectivity index (χ4v) is 11.1. The van der Waals surface area contributed by atoms with Crippen LogP contribution in [0.15, 0.2) is 23.0 Å². The first-order chi connectivity index (χ1) is 17.6. The fourth-order valence-electron chi connectivity index (χ4n) is 11.1. The van der Waals surface area contributed by atoms with E-state index in [0.717, 1.165) is 7.11 Å². The van der Waals surface area contributed by atoms with Gasteiger partial charge in [0.2, 0.25) is 5.79 Å². The number of esters is 2. The van der Waals surface area contributed by atoms with E-state index in [0.29, 0.717) is 18.4 Å². The summed E-state index contributed by atoms with van der Waals surface area (Å²) in [5, 5.41) is 61.0. The molecule has 2 saturated heterocycles. The van der Waals surface area contributed by atoms with Crippen LogP contribution in [0.5, 0.6) is 0 Å². The molecular formula is C27H34O11. The van der Waals surface area contributed by atoms with Crippen LogP contribution in [-0.2, 0) is 23.8 Å². The summed E-state index contributed by atoms with van der Waals surface area (Å²) < 4.78 is 22.5. The van der Waals surface area contributed by atoms with Gasteiger partial charge in [-0.15, -0.1) is 0 Å². The highest BCUT2D eigenvalue weighted by molar-refractivity contribution is 5.76. The Morgan fingerprint density at radius 1 is 1.21 bits per heavy atom. The number of carbonyl (C=O) groups excluding carboxylic acids is 2. The highest BCUT2D eigenvalue weighted by Gasteiger charge is 2.98. The molecule has 5 N–H and O–H groups in total. The molecule has 1 spiro atoms. The van der Waals surface area contributed by atoms with Crippen molar-refractivity contribution in [3.8, 4) is 0 Å². The SMILES string of the molecule is COC(=O)C(O)[C@H]1[C@@]2(C)CC3(O)C4[C@]5(O)C(CC[C@@]6(C)[C@H](c7ccoc7)OC(=O)CC56O[C@@]4(O)[C@H]2O)[C@@]13C. The molecule has 5 unspecified atom stereocenters. The number of hydrogen-bond donors (Lipinski definition) is 5. The van der Waals surface area contributed by atoms with Gasteiger partial charge >= 0.3 is 11.9 Å². The predicted octanol–water partition coefficient (Wildman–Crippen LogP) is 0.174. The second-order valence-corrected chi connectivity index (χ2v) is 13.3. The molecule has 4 saturated carbocycles. The third-order valence-corrected chi connectivity index (χ3v) is 12.2. The number of aliphatic hydroxyl groups excluding tert-OH is 2. The minimum absolute atomic E-state index is 0.103. The molecule has 7 rings (SSSR count). The number of furan rings is 1. The first-order valence-corrected chi connectivity index (χ1v) is 13.2. The van der Waals surface area contributed by atoms with Crippen LogP contribution in [-0.4, -0.2) is 79.4 Å². The lowest BCUT2D eigenvalue weighted by Crippen LogP contribution is -2.73. The molecule has 6 fully saturated rings. The number of carbonyl (C=O) groups is 2. The third-order valence-electron chi connectivity index (χ3n) is 12.2. The summed E-state index contributed by atoms with van der Waals surface area (Å²) in [6.45, 7) is 5.14. The normalized spacial score (nSPS) is 58.3. The van der Waals surface area contributed by atoms with E-state index in [1.807, 2.05) is 6.92 Å². The molecule has 38 heavy (non-hydrogen) atoms. The van der Waals surface area contributed by atoms with Gasteiger partial charge in [0.15, 0.2) is 6.10 Å². The molecule has 2 aliphatic heterocycles. The third kappa shape index (κ3) is 2.09. The molecule has 11 heteroatoms. The Kier molecular flexibility index (Phi) is 4.37. The molecule has 208 valence electrons. The lowest BCUT2D eigenvalue weighted by molar-refractivity contribution is -0.361. The van der Waals surface area contributed by atoms with Crippen molar-refractivity contribution < 1.29 is 53.7 Å². The van der Waals surface area contributed by atoms with Crippen molar-refractivity contribution in [1.82, 2.24) is 0 Å². The first kappa shape index (κ1) is 25.0. The number of methoxy groups -OCH3 is 1. The van der Waals surface area contributed by atoms with Crippen molar-refractivity contribution in [3.05, 3.63) is 24.2 Å². The molecule has 6 aliphatic rings. The number of ether oxygens (including phenoxy) is 3. The van der Waals surface area contributed by atoms with Gasteiger partial charge in [-0.2, -0.15) is 0 Å². The maximum Gasteiger partial charge on any atom is 0.335 e. The number of fused-ring (bicyclic) bond motifs is 2. The Bertz CT molecular complexity index is 1250.